The van der Waals surface area contributed by atoms with Crippen LogP contribution in [0.1, 0.15) is 49.0 Å². The molecule has 20 rings (SSSR count). The van der Waals surface area contributed by atoms with E-state index >= 15 is 0 Å². The van der Waals surface area contributed by atoms with Gasteiger partial charge in [-0.25, -0.2) is 46.3 Å². The summed E-state index contributed by atoms with van der Waals surface area (Å²) in [5, 5.41) is 3.19. The molecule has 500 valence electrons. The van der Waals surface area contributed by atoms with E-state index in [9.17, 15) is 26.3 Å². The van der Waals surface area contributed by atoms with Gasteiger partial charge in [-0.1, -0.05) is 66.7 Å². The fourth-order valence-corrected chi connectivity index (χ4v) is 14.6. The molecule has 0 saturated heterocycles. The van der Waals surface area contributed by atoms with Crippen LogP contribution in [0.3, 0.4) is 0 Å². The van der Waals surface area contributed by atoms with Gasteiger partial charge in [-0.3, -0.25) is 24.9 Å². The maximum Gasteiger partial charge on any atom is 0.159 e. The summed E-state index contributed by atoms with van der Waals surface area (Å²) in [6.07, 6.45) is 16.6. The molecule has 102 heavy (non-hydrogen) atoms. The highest BCUT2D eigenvalue weighted by Crippen LogP contribution is 2.42. The van der Waals surface area contributed by atoms with Crippen LogP contribution < -0.4 is 0 Å². The first-order chi connectivity index (χ1) is 50.0. The Morgan fingerprint density at radius 2 is 0.667 bits per heavy atom. The lowest BCUT2D eigenvalue weighted by Crippen LogP contribution is -1.97. The molecule has 13 nitrogen and oxygen atoms in total. The van der Waals surface area contributed by atoms with Crippen LogP contribution in [0.5, 0.6) is 0 Å². The molecule has 16 aromatic rings. The quantitative estimate of drug-likeness (QED) is 0.136. The van der Waals surface area contributed by atoms with Crippen molar-refractivity contribution in [2.75, 3.05) is 0 Å². The number of pyridine rings is 3. The molecular weight excluding hydrogens is 1290 g/mol. The second-order valence-corrected chi connectivity index (χ2v) is 25.7. The highest BCUT2D eigenvalue weighted by Gasteiger charge is 2.29. The highest BCUT2D eigenvalue weighted by atomic mass is 19.2. The molecule has 0 aliphatic carbocycles. The van der Waals surface area contributed by atoms with Gasteiger partial charge in [-0.2, -0.15) is 0 Å². The summed E-state index contributed by atoms with van der Waals surface area (Å²) in [4.78, 5) is 40.9. The second-order valence-electron chi connectivity index (χ2n) is 25.7. The Hall–Kier alpha value is -12.3. The van der Waals surface area contributed by atoms with Crippen molar-refractivity contribution in [1.29, 1.82) is 0 Å². The van der Waals surface area contributed by atoms with Crippen LogP contribution in [0.2, 0.25) is 0 Å². The number of halogens is 6. The van der Waals surface area contributed by atoms with Gasteiger partial charge < -0.3 is 18.3 Å². The van der Waals surface area contributed by atoms with Gasteiger partial charge in [0.25, 0.3) is 0 Å². The van der Waals surface area contributed by atoms with Crippen LogP contribution in [0.25, 0.3) is 134 Å². The van der Waals surface area contributed by atoms with Crippen molar-refractivity contribution in [3.63, 3.8) is 0 Å². The second kappa shape index (κ2) is 26.8. The van der Waals surface area contributed by atoms with E-state index in [-0.39, 0.29) is 11.6 Å². The zero-order valence-electron chi connectivity index (χ0n) is 54.9. The Labute approximate surface area is 581 Å². The van der Waals surface area contributed by atoms with Crippen molar-refractivity contribution in [1.82, 2.24) is 63.1 Å². The van der Waals surface area contributed by atoms with Crippen molar-refractivity contribution >= 4 is 43.7 Å². The fourth-order valence-electron chi connectivity index (χ4n) is 14.6. The predicted octanol–water partition coefficient (Wildman–Crippen LogP) is 19.1. The average Bonchev–Trinajstić information content (AvgIpc) is 1.62. The zero-order valence-corrected chi connectivity index (χ0v) is 54.9. The number of hydrogen-bond donors (Lipinski definition) is 0. The van der Waals surface area contributed by atoms with E-state index in [2.05, 4.69) is 85.7 Å². The summed E-state index contributed by atoms with van der Waals surface area (Å²) in [7, 11) is 0. The fraction of sp³-hybridized carbons (Fsp3) is 0.145. The number of aryl methyl sites for hydroxylation is 4. The first-order valence-electron chi connectivity index (χ1n) is 34.1. The predicted molar refractivity (Wildman–Crippen MR) is 384 cm³/mol. The Bertz CT molecular complexity index is 5930. The lowest BCUT2D eigenvalue weighted by molar-refractivity contribution is 0.509. The van der Waals surface area contributed by atoms with E-state index in [1.165, 1.54) is 30.3 Å². The normalized spacial score (nSPS) is 13.3. The van der Waals surface area contributed by atoms with Crippen molar-refractivity contribution in [3.05, 3.63) is 283 Å². The molecule has 0 bridgehead atoms. The molecule has 12 heterocycles. The summed E-state index contributed by atoms with van der Waals surface area (Å²) < 4.78 is 91.9. The number of aromatic nitrogens is 13. The van der Waals surface area contributed by atoms with Crippen molar-refractivity contribution < 1.29 is 26.3 Å². The number of fused-ring (bicyclic) bond motifs is 8. The SMILES string of the molecule is Fc1ccc(-c2nc3n(c2-c2ccc4ncccc4c2)CCC3)c(F)c1.Fc1ccc(-c2nc3n(c2-c2ccc4nccnc4c2)CCC3)cc1F.Fc1cccc(-c2nc3n(c2-c2ccc4ncccc4c2)CCC3)c1.Fc1ccccc1-c1nc2n(c1-c1ccc3ncccc3c1)CCC2. The maximum absolute atomic E-state index is 14.4. The minimum absolute atomic E-state index is 0.233. The third-order valence-electron chi connectivity index (χ3n) is 19.3. The maximum atomic E-state index is 14.4. The standard InChI is InChI=1S/C21H15F2N3.2C21H16FN3.C20H14F2N4/c22-15-6-7-16(17(23)12-15)20-21(26-10-2-4-19(26)25-20)14-5-8-18-13(11-14)3-1-9-24-18;22-17-6-1-4-15(13-17)20-21(25-11-3-7-19(25)24-20)16-8-9-18-14(12-16)5-2-10-23-18;22-17-7-2-1-6-16(17)20-21(25-12-4-8-19(25)24-20)15-9-10-18-14(13-15)5-3-11-23-18;21-14-5-3-12(10-15(14)22)19-20(26-9-1-2-18(26)25-19)13-4-6-16-17(11-13)24-8-7-23-16/h1,3,5-9,11-12H,2,4,10H2;1-2,4-6,8-10,12-13H,3,7,11H2;1-3,5-7,9-11,13H,4,8,12H2;3-8,10-11H,1-2,9H2. The summed E-state index contributed by atoms with van der Waals surface area (Å²) >= 11 is 0. The Morgan fingerprint density at radius 1 is 0.255 bits per heavy atom. The lowest BCUT2D eigenvalue weighted by Gasteiger charge is -2.10. The Morgan fingerprint density at radius 3 is 1.15 bits per heavy atom. The molecule has 0 spiro atoms. The first-order valence-corrected chi connectivity index (χ1v) is 34.1. The summed E-state index contributed by atoms with van der Waals surface area (Å²) in [5.41, 5.74) is 17.5. The molecule has 0 radical (unpaired) electrons. The van der Waals surface area contributed by atoms with Crippen LogP contribution in [-0.4, -0.2) is 63.1 Å². The molecular formula is C83H61F6N13. The molecule has 4 aliphatic heterocycles. The molecule has 8 aromatic carbocycles. The third-order valence-corrected chi connectivity index (χ3v) is 19.3. The van der Waals surface area contributed by atoms with Crippen LogP contribution in [-0.2, 0) is 51.9 Å². The van der Waals surface area contributed by atoms with Gasteiger partial charge in [-0.05, 0) is 147 Å². The smallest absolute Gasteiger partial charge is 0.159 e. The summed E-state index contributed by atoms with van der Waals surface area (Å²) in [5.74, 6) is 0.669. The van der Waals surface area contributed by atoms with E-state index in [4.69, 9.17) is 19.9 Å². The summed E-state index contributed by atoms with van der Waals surface area (Å²) in [6, 6.07) is 57.4. The number of nitrogens with zero attached hydrogens (tertiary/aromatic N) is 13. The van der Waals surface area contributed by atoms with Crippen molar-refractivity contribution in [3.8, 4) is 90.1 Å². The van der Waals surface area contributed by atoms with Crippen molar-refractivity contribution in [2.45, 2.75) is 77.5 Å². The van der Waals surface area contributed by atoms with Crippen LogP contribution in [0, 0.1) is 34.9 Å². The zero-order chi connectivity index (χ0) is 69.0. The number of hydrogen-bond acceptors (Lipinski definition) is 9. The lowest BCUT2D eigenvalue weighted by atomic mass is 10.0. The van der Waals surface area contributed by atoms with Crippen LogP contribution in [0.4, 0.5) is 26.3 Å². The molecule has 0 saturated carbocycles. The number of benzene rings is 8. The van der Waals surface area contributed by atoms with Crippen LogP contribution >= 0.6 is 0 Å². The molecule has 19 heteroatoms. The third kappa shape index (κ3) is 12.0. The molecule has 0 N–H and O–H groups in total. The summed E-state index contributed by atoms with van der Waals surface area (Å²) in [6.45, 7) is 3.60. The van der Waals surface area contributed by atoms with E-state index in [1.807, 2.05) is 78.9 Å². The van der Waals surface area contributed by atoms with E-state index < -0.39 is 23.3 Å². The number of rotatable bonds is 8. The molecule has 8 aromatic heterocycles. The minimum atomic E-state index is -0.869. The Kier molecular flexibility index (Phi) is 16.6. The monoisotopic (exact) mass is 1350 g/mol. The topological polar surface area (TPSA) is 136 Å². The van der Waals surface area contributed by atoms with Crippen molar-refractivity contribution in [2.24, 2.45) is 0 Å². The Balaban J connectivity index is 0.000000101. The van der Waals surface area contributed by atoms with Gasteiger partial charge in [-0.15, -0.1) is 0 Å². The van der Waals surface area contributed by atoms with E-state index in [0.717, 1.165) is 219 Å². The largest absolute Gasteiger partial charge is 0.327 e. The highest BCUT2D eigenvalue weighted by molar-refractivity contribution is 5.91. The number of imidazole rings is 4. The average molecular weight is 1350 g/mol. The molecule has 0 amide bonds. The van der Waals surface area contributed by atoms with Gasteiger partial charge in [0.15, 0.2) is 11.6 Å². The van der Waals surface area contributed by atoms with Gasteiger partial charge in [0, 0.05) is 150 Å². The molecule has 0 unspecified atom stereocenters. The van der Waals surface area contributed by atoms with Gasteiger partial charge in [0.1, 0.15) is 46.6 Å². The van der Waals surface area contributed by atoms with Crippen LogP contribution in [0.15, 0.2) is 225 Å². The van der Waals surface area contributed by atoms with Gasteiger partial charge in [0.2, 0.25) is 0 Å². The van der Waals surface area contributed by atoms with E-state index in [1.54, 1.807) is 61.3 Å². The first kappa shape index (κ1) is 63.2. The molecule has 4 aliphatic rings. The van der Waals surface area contributed by atoms with E-state index in [0.29, 0.717) is 28.1 Å². The van der Waals surface area contributed by atoms with Gasteiger partial charge in [0.05, 0.1) is 73.1 Å². The van der Waals surface area contributed by atoms with Gasteiger partial charge >= 0.3 is 0 Å². The molecule has 0 atom stereocenters. The molecule has 0 fully saturated rings. The minimum Gasteiger partial charge on any atom is -0.327 e.